The molecule has 0 fully saturated rings. The summed E-state index contributed by atoms with van der Waals surface area (Å²) in [6.07, 6.45) is 0.861. The minimum absolute atomic E-state index is 0.420. The van der Waals surface area contributed by atoms with Gasteiger partial charge >= 0.3 is 0 Å². The van der Waals surface area contributed by atoms with Crippen molar-refractivity contribution < 1.29 is 9.26 Å². The second-order valence-electron chi connectivity index (χ2n) is 3.90. The first-order valence-electron chi connectivity index (χ1n) is 5.62. The molecule has 0 bridgehead atoms. The molecule has 4 nitrogen and oxygen atoms in total. The summed E-state index contributed by atoms with van der Waals surface area (Å²) in [4.78, 5) is 0. The molecule has 0 aliphatic heterocycles. The van der Waals surface area contributed by atoms with E-state index in [9.17, 15) is 0 Å². The van der Waals surface area contributed by atoms with Gasteiger partial charge in [-0.15, -0.1) is 0 Å². The van der Waals surface area contributed by atoms with Crippen molar-refractivity contribution >= 4 is 0 Å². The highest BCUT2D eigenvalue weighted by molar-refractivity contribution is 5.28. The van der Waals surface area contributed by atoms with Crippen molar-refractivity contribution in [3.63, 3.8) is 0 Å². The maximum Gasteiger partial charge on any atom is 0.134 e. The van der Waals surface area contributed by atoms with Gasteiger partial charge in [0.1, 0.15) is 23.8 Å². The molecule has 0 aliphatic carbocycles. The van der Waals surface area contributed by atoms with Gasteiger partial charge in [-0.2, -0.15) is 0 Å². The first kappa shape index (κ1) is 11.7. The highest BCUT2D eigenvalue weighted by atomic mass is 16.5. The van der Waals surface area contributed by atoms with Gasteiger partial charge in [0, 0.05) is 6.07 Å². The number of aromatic nitrogens is 1. The Balaban J connectivity index is 1.96. The van der Waals surface area contributed by atoms with Gasteiger partial charge in [-0.1, -0.05) is 17.3 Å². The van der Waals surface area contributed by atoms with E-state index in [-0.39, 0.29) is 0 Å². The summed E-state index contributed by atoms with van der Waals surface area (Å²) in [7, 11) is 0. The maximum absolute atomic E-state index is 5.63. The van der Waals surface area contributed by atoms with Gasteiger partial charge < -0.3 is 15.0 Å². The topological polar surface area (TPSA) is 61.3 Å². The molecular weight excluding hydrogens is 216 g/mol. The van der Waals surface area contributed by atoms with Crippen molar-refractivity contribution in [1.29, 1.82) is 0 Å². The van der Waals surface area contributed by atoms with Gasteiger partial charge in [0.15, 0.2) is 0 Å². The summed E-state index contributed by atoms with van der Waals surface area (Å²) in [6, 6.07) is 9.80. The Morgan fingerprint density at radius 1 is 1.35 bits per heavy atom. The Morgan fingerprint density at radius 3 is 2.94 bits per heavy atom. The van der Waals surface area contributed by atoms with Crippen molar-refractivity contribution in [2.45, 2.75) is 20.0 Å². The van der Waals surface area contributed by atoms with Gasteiger partial charge in [0.2, 0.25) is 0 Å². The third-order valence-corrected chi connectivity index (χ3v) is 2.39. The number of nitrogens with two attached hydrogens (primary N) is 1. The molecule has 1 heterocycles. The third-order valence-electron chi connectivity index (χ3n) is 2.39. The molecule has 2 N–H and O–H groups in total. The van der Waals surface area contributed by atoms with Crippen molar-refractivity contribution in [3.8, 4) is 5.75 Å². The molecule has 17 heavy (non-hydrogen) atoms. The average Bonchev–Trinajstić information content (AvgIpc) is 2.74. The van der Waals surface area contributed by atoms with E-state index in [0.717, 1.165) is 23.6 Å². The van der Waals surface area contributed by atoms with Gasteiger partial charge in [0.25, 0.3) is 0 Å². The fraction of sp³-hybridized carbons (Fsp3) is 0.308. The first-order chi connectivity index (χ1) is 8.28. The molecule has 2 rings (SSSR count). The van der Waals surface area contributed by atoms with Crippen LogP contribution in [0.4, 0.5) is 0 Å². The molecule has 0 unspecified atom stereocenters. The van der Waals surface area contributed by atoms with E-state index in [4.69, 9.17) is 15.0 Å². The Bertz CT molecular complexity index is 480. The van der Waals surface area contributed by atoms with Crippen molar-refractivity contribution in [2.75, 3.05) is 6.54 Å². The molecule has 0 radical (unpaired) electrons. The second kappa shape index (κ2) is 5.50. The van der Waals surface area contributed by atoms with Crippen LogP contribution in [-0.4, -0.2) is 11.7 Å². The zero-order valence-corrected chi connectivity index (χ0v) is 9.85. The molecule has 0 spiro atoms. The fourth-order valence-corrected chi connectivity index (χ4v) is 1.60. The minimum Gasteiger partial charge on any atom is -0.487 e. The molecule has 0 saturated heterocycles. The molecule has 4 heteroatoms. The molecule has 0 atom stereocenters. The minimum atomic E-state index is 0.420. The van der Waals surface area contributed by atoms with Crippen molar-refractivity contribution in [1.82, 2.24) is 5.16 Å². The quantitative estimate of drug-likeness (QED) is 0.857. The average molecular weight is 232 g/mol. The lowest BCUT2D eigenvalue weighted by Gasteiger charge is -2.05. The van der Waals surface area contributed by atoms with E-state index in [2.05, 4.69) is 5.16 Å². The van der Waals surface area contributed by atoms with E-state index in [0.29, 0.717) is 13.2 Å². The molecule has 1 aromatic carbocycles. The SMILES string of the molecule is Cc1cc(COc2cccc(CCN)c2)no1. The number of hydrogen-bond acceptors (Lipinski definition) is 4. The molecule has 0 aliphatic rings. The van der Waals surface area contributed by atoms with Crippen LogP contribution < -0.4 is 10.5 Å². The summed E-state index contributed by atoms with van der Waals surface area (Å²) >= 11 is 0. The van der Waals surface area contributed by atoms with E-state index in [1.807, 2.05) is 37.3 Å². The summed E-state index contributed by atoms with van der Waals surface area (Å²) in [5, 5.41) is 3.87. The number of nitrogens with zero attached hydrogens (tertiary/aromatic N) is 1. The van der Waals surface area contributed by atoms with Crippen molar-refractivity contribution in [3.05, 3.63) is 47.3 Å². The first-order valence-corrected chi connectivity index (χ1v) is 5.62. The normalized spacial score (nSPS) is 10.5. The lowest BCUT2D eigenvalue weighted by atomic mass is 10.1. The summed E-state index contributed by atoms with van der Waals surface area (Å²) in [5.41, 5.74) is 7.49. The molecule has 2 aromatic rings. The van der Waals surface area contributed by atoms with Crippen LogP contribution in [-0.2, 0) is 13.0 Å². The summed E-state index contributed by atoms with van der Waals surface area (Å²) in [5.74, 6) is 1.62. The van der Waals surface area contributed by atoms with Crippen LogP contribution in [0.1, 0.15) is 17.0 Å². The predicted octanol–water partition coefficient (Wildman–Crippen LogP) is 2.06. The lowest BCUT2D eigenvalue weighted by molar-refractivity contribution is 0.287. The molecular formula is C13H16N2O2. The predicted molar refractivity (Wildman–Crippen MR) is 64.8 cm³/mol. The number of hydrogen-bond donors (Lipinski definition) is 1. The van der Waals surface area contributed by atoms with Crippen LogP contribution in [0.5, 0.6) is 5.75 Å². The second-order valence-corrected chi connectivity index (χ2v) is 3.90. The Labute approximate surface area is 100 Å². The van der Waals surface area contributed by atoms with Crippen LogP contribution in [0.25, 0.3) is 0 Å². The van der Waals surface area contributed by atoms with Crippen LogP contribution >= 0.6 is 0 Å². The third kappa shape index (κ3) is 3.32. The van der Waals surface area contributed by atoms with E-state index in [1.165, 1.54) is 5.56 Å². The van der Waals surface area contributed by atoms with E-state index < -0.39 is 0 Å². The Hall–Kier alpha value is -1.81. The lowest BCUT2D eigenvalue weighted by Crippen LogP contribution is -2.03. The number of rotatable bonds is 5. The van der Waals surface area contributed by atoms with Crippen LogP contribution in [0.2, 0.25) is 0 Å². The van der Waals surface area contributed by atoms with Crippen LogP contribution in [0.3, 0.4) is 0 Å². The van der Waals surface area contributed by atoms with Crippen LogP contribution in [0.15, 0.2) is 34.9 Å². The Morgan fingerprint density at radius 2 is 2.24 bits per heavy atom. The van der Waals surface area contributed by atoms with Gasteiger partial charge in [-0.3, -0.25) is 0 Å². The smallest absolute Gasteiger partial charge is 0.134 e. The number of benzene rings is 1. The monoisotopic (exact) mass is 232 g/mol. The molecule has 0 saturated carbocycles. The molecule has 0 amide bonds. The highest BCUT2D eigenvalue weighted by Crippen LogP contribution is 2.15. The summed E-state index contributed by atoms with van der Waals surface area (Å²) < 4.78 is 10.6. The molecule has 1 aromatic heterocycles. The Kier molecular flexibility index (Phi) is 3.77. The maximum atomic E-state index is 5.63. The zero-order chi connectivity index (χ0) is 12.1. The van der Waals surface area contributed by atoms with Crippen LogP contribution in [0, 0.1) is 6.92 Å². The largest absolute Gasteiger partial charge is 0.487 e. The van der Waals surface area contributed by atoms with E-state index >= 15 is 0 Å². The highest BCUT2D eigenvalue weighted by Gasteiger charge is 2.02. The van der Waals surface area contributed by atoms with E-state index in [1.54, 1.807) is 0 Å². The zero-order valence-electron chi connectivity index (χ0n) is 9.85. The number of ether oxygens (including phenoxy) is 1. The molecule has 90 valence electrons. The van der Waals surface area contributed by atoms with Gasteiger partial charge in [0.05, 0.1) is 0 Å². The van der Waals surface area contributed by atoms with Gasteiger partial charge in [-0.25, -0.2) is 0 Å². The standard InChI is InChI=1S/C13H16N2O2/c1-10-7-12(15-17-10)9-16-13-4-2-3-11(8-13)5-6-14/h2-4,7-8H,5-6,9,14H2,1H3. The fourth-order valence-electron chi connectivity index (χ4n) is 1.60. The number of aryl methyl sites for hydroxylation is 1. The summed E-state index contributed by atoms with van der Waals surface area (Å²) in [6.45, 7) is 2.92. The van der Waals surface area contributed by atoms with Crippen molar-refractivity contribution in [2.24, 2.45) is 5.73 Å². The van der Waals surface area contributed by atoms with Gasteiger partial charge in [-0.05, 0) is 37.6 Å².